The smallest absolute Gasteiger partial charge is 0.298 e. The molecular weight excluding hydrogens is 285 g/mol. The SMILES string of the molecule is O=C1CCCN1C1CCN(c2nc3cc(F)ccc3o2)CC1. The second-order valence-corrected chi connectivity index (χ2v) is 6.02. The lowest BCUT2D eigenvalue weighted by molar-refractivity contribution is -0.130. The van der Waals surface area contributed by atoms with Gasteiger partial charge in [-0.2, -0.15) is 4.98 Å². The van der Waals surface area contributed by atoms with Crippen LogP contribution in [0.15, 0.2) is 22.6 Å². The number of aromatic nitrogens is 1. The number of anilines is 1. The van der Waals surface area contributed by atoms with Gasteiger partial charge in [-0.1, -0.05) is 0 Å². The first kappa shape index (κ1) is 13.5. The van der Waals surface area contributed by atoms with Crippen LogP contribution in [0.5, 0.6) is 0 Å². The van der Waals surface area contributed by atoms with Gasteiger partial charge in [0, 0.05) is 38.2 Å². The molecule has 0 unspecified atom stereocenters. The third-order valence-electron chi connectivity index (χ3n) is 4.62. The number of hydrogen-bond acceptors (Lipinski definition) is 4. The summed E-state index contributed by atoms with van der Waals surface area (Å²) < 4.78 is 18.9. The normalized spacial score (nSPS) is 20.3. The number of likely N-dealkylation sites (tertiary alicyclic amines) is 1. The van der Waals surface area contributed by atoms with Gasteiger partial charge in [0.25, 0.3) is 6.01 Å². The van der Waals surface area contributed by atoms with E-state index in [4.69, 9.17) is 4.42 Å². The number of benzene rings is 1. The van der Waals surface area contributed by atoms with Gasteiger partial charge in [0.2, 0.25) is 5.91 Å². The van der Waals surface area contributed by atoms with Crippen molar-refractivity contribution < 1.29 is 13.6 Å². The zero-order valence-corrected chi connectivity index (χ0v) is 12.3. The first-order valence-electron chi connectivity index (χ1n) is 7.81. The number of halogens is 1. The second kappa shape index (κ2) is 5.26. The Hall–Kier alpha value is -2.11. The van der Waals surface area contributed by atoms with Crippen molar-refractivity contribution >= 4 is 23.0 Å². The largest absolute Gasteiger partial charge is 0.423 e. The number of hydrogen-bond donors (Lipinski definition) is 0. The average Bonchev–Trinajstić information content (AvgIpc) is 3.13. The van der Waals surface area contributed by atoms with Gasteiger partial charge in [-0.05, 0) is 31.4 Å². The maximum atomic E-state index is 13.2. The maximum absolute atomic E-state index is 13.2. The molecule has 4 rings (SSSR count). The van der Waals surface area contributed by atoms with Gasteiger partial charge in [-0.15, -0.1) is 0 Å². The van der Waals surface area contributed by atoms with Crippen LogP contribution in [-0.4, -0.2) is 41.5 Å². The van der Waals surface area contributed by atoms with Gasteiger partial charge in [-0.3, -0.25) is 4.79 Å². The van der Waals surface area contributed by atoms with Gasteiger partial charge < -0.3 is 14.2 Å². The van der Waals surface area contributed by atoms with Crippen molar-refractivity contribution in [1.82, 2.24) is 9.88 Å². The van der Waals surface area contributed by atoms with Gasteiger partial charge >= 0.3 is 0 Å². The molecule has 3 heterocycles. The molecule has 2 aromatic rings. The summed E-state index contributed by atoms with van der Waals surface area (Å²) in [7, 11) is 0. The molecule has 5 nitrogen and oxygen atoms in total. The van der Waals surface area contributed by atoms with Crippen molar-refractivity contribution in [2.24, 2.45) is 0 Å². The van der Waals surface area contributed by atoms with Crippen LogP contribution in [0.3, 0.4) is 0 Å². The maximum Gasteiger partial charge on any atom is 0.298 e. The predicted octanol–water partition coefficient (Wildman–Crippen LogP) is 2.56. The van der Waals surface area contributed by atoms with E-state index in [1.54, 1.807) is 6.07 Å². The van der Waals surface area contributed by atoms with Crippen molar-refractivity contribution in [2.75, 3.05) is 24.5 Å². The molecule has 1 aromatic heterocycles. The van der Waals surface area contributed by atoms with Crippen LogP contribution in [0.25, 0.3) is 11.1 Å². The monoisotopic (exact) mass is 303 g/mol. The minimum absolute atomic E-state index is 0.288. The average molecular weight is 303 g/mol. The zero-order chi connectivity index (χ0) is 15.1. The Morgan fingerprint density at radius 2 is 2.05 bits per heavy atom. The van der Waals surface area contributed by atoms with Crippen molar-refractivity contribution in [2.45, 2.75) is 31.7 Å². The fourth-order valence-electron chi connectivity index (χ4n) is 3.45. The summed E-state index contributed by atoms with van der Waals surface area (Å²) in [5.74, 6) is -0.0191. The molecule has 0 N–H and O–H groups in total. The number of fused-ring (bicyclic) bond motifs is 1. The standard InChI is InChI=1S/C16H18FN3O2/c17-11-3-4-14-13(10-11)18-16(22-14)19-8-5-12(6-9-19)20-7-1-2-15(20)21/h3-4,10,12H,1-2,5-9H2. The molecule has 2 saturated heterocycles. The Balaban J connectivity index is 1.47. The lowest BCUT2D eigenvalue weighted by Crippen LogP contribution is -2.45. The molecule has 22 heavy (non-hydrogen) atoms. The number of rotatable bonds is 2. The van der Waals surface area contributed by atoms with Gasteiger partial charge in [0.15, 0.2) is 5.58 Å². The zero-order valence-electron chi connectivity index (χ0n) is 12.3. The van der Waals surface area contributed by atoms with Crippen LogP contribution in [0, 0.1) is 5.82 Å². The molecule has 2 aliphatic heterocycles. The first-order valence-corrected chi connectivity index (χ1v) is 7.81. The lowest BCUT2D eigenvalue weighted by Gasteiger charge is -2.35. The predicted molar refractivity (Wildman–Crippen MR) is 80.1 cm³/mol. The van der Waals surface area contributed by atoms with E-state index < -0.39 is 0 Å². The molecule has 0 radical (unpaired) electrons. The third kappa shape index (κ3) is 2.32. The van der Waals surface area contributed by atoms with E-state index in [-0.39, 0.29) is 11.7 Å². The second-order valence-electron chi connectivity index (χ2n) is 6.02. The van der Waals surface area contributed by atoms with Crippen LogP contribution in [0.2, 0.25) is 0 Å². The minimum Gasteiger partial charge on any atom is -0.423 e. The molecule has 0 aliphatic carbocycles. The summed E-state index contributed by atoms with van der Waals surface area (Å²) in [6.45, 7) is 2.51. The highest BCUT2D eigenvalue weighted by Gasteiger charge is 2.31. The number of carbonyl (C=O) groups excluding carboxylic acids is 1. The Labute approximate surface area is 127 Å². The van der Waals surface area contributed by atoms with E-state index in [1.165, 1.54) is 12.1 Å². The third-order valence-corrected chi connectivity index (χ3v) is 4.62. The molecule has 6 heteroatoms. The summed E-state index contributed by atoms with van der Waals surface area (Å²) in [6, 6.07) is 5.26. The van der Waals surface area contributed by atoms with Crippen molar-refractivity contribution in [3.8, 4) is 0 Å². The van der Waals surface area contributed by atoms with Crippen molar-refractivity contribution in [3.05, 3.63) is 24.0 Å². The highest BCUT2D eigenvalue weighted by molar-refractivity contribution is 5.78. The Morgan fingerprint density at radius 3 is 2.77 bits per heavy atom. The molecule has 0 spiro atoms. The van der Waals surface area contributed by atoms with Gasteiger partial charge in [0.1, 0.15) is 11.3 Å². The molecule has 1 amide bonds. The van der Waals surface area contributed by atoms with E-state index in [2.05, 4.69) is 9.88 Å². The van der Waals surface area contributed by atoms with Crippen molar-refractivity contribution in [3.63, 3.8) is 0 Å². The number of carbonyl (C=O) groups is 1. The van der Waals surface area contributed by atoms with Crippen LogP contribution < -0.4 is 4.90 Å². The quantitative estimate of drug-likeness (QED) is 0.855. The van der Waals surface area contributed by atoms with E-state index in [1.807, 2.05) is 4.90 Å². The summed E-state index contributed by atoms with van der Waals surface area (Å²) in [5, 5.41) is 0. The lowest BCUT2D eigenvalue weighted by atomic mass is 10.0. The van der Waals surface area contributed by atoms with Crippen LogP contribution in [0.1, 0.15) is 25.7 Å². The Kier molecular flexibility index (Phi) is 3.24. The van der Waals surface area contributed by atoms with Gasteiger partial charge in [-0.25, -0.2) is 4.39 Å². The first-order chi connectivity index (χ1) is 10.7. The molecule has 2 aliphatic rings. The minimum atomic E-state index is -0.307. The summed E-state index contributed by atoms with van der Waals surface area (Å²) in [4.78, 5) is 20.3. The summed E-state index contributed by atoms with van der Waals surface area (Å²) >= 11 is 0. The van der Waals surface area contributed by atoms with Crippen LogP contribution in [-0.2, 0) is 4.79 Å². The fraction of sp³-hybridized carbons (Fsp3) is 0.500. The number of piperidine rings is 1. The van der Waals surface area contributed by atoms with Crippen LogP contribution >= 0.6 is 0 Å². The molecule has 2 fully saturated rings. The van der Waals surface area contributed by atoms with Gasteiger partial charge in [0.05, 0.1) is 0 Å². The fourth-order valence-corrected chi connectivity index (χ4v) is 3.45. The topological polar surface area (TPSA) is 49.6 Å². The molecule has 0 bridgehead atoms. The van der Waals surface area contributed by atoms with E-state index in [0.29, 0.717) is 29.6 Å². The number of nitrogens with zero attached hydrogens (tertiary/aromatic N) is 3. The number of amides is 1. The molecule has 0 saturated carbocycles. The highest BCUT2D eigenvalue weighted by Crippen LogP contribution is 2.27. The highest BCUT2D eigenvalue weighted by atomic mass is 19.1. The Morgan fingerprint density at radius 1 is 1.23 bits per heavy atom. The van der Waals surface area contributed by atoms with Crippen molar-refractivity contribution in [1.29, 1.82) is 0 Å². The van der Waals surface area contributed by atoms with E-state index in [9.17, 15) is 9.18 Å². The van der Waals surface area contributed by atoms with E-state index in [0.717, 1.165) is 38.9 Å². The molecule has 1 aromatic carbocycles. The molecule has 0 atom stereocenters. The van der Waals surface area contributed by atoms with Crippen LogP contribution in [0.4, 0.5) is 10.4 Å². The molecule has 116 valence electrons. The number of oxazole rings is 1. The Bertz CT molecular complexity index is 706. The summed E-state index contributed by atoms with van der Waals surface area (Å²) in [5.41, 5.74) is 1.15. The summed E-state index contributed by atoms with van der Waals surface area (Å²) in [6.07, 6.45) is 3.53. The van der Waals surface area contributed by atoms with E-state index >= 15 is 0 Å². The molecular formula is C16H18FN3O2.